The summed E-state index contributed by atoms with van der Waals surface area (Å²) in [5.41, 5.74) is -0.225. The first kappa shape index (κ1) is 34.4. The molecule has 224 valence electrons. The molecule has 6 unspecified atom stereocenters. The van der Waals surface area contributed by atoms with Crippen LogP contribution < -0.4 is 10.4 Å². The third-order valence-corrected chi connectivity index (χ3v) is 9.80. The molecule has 39 heavy (non-hydrogen) atoms. The predicted octanol–water partition coefficient (Wildman–Crippen LogP) is 2.76. The first-order chi connectivity index (χ1) is 17.9. The van der Waals surface area contributed by atoms with Crippen molar-refractivity contribution in [2.24, 2.45) is 5.41 Å². The number of rotatable bonds is 12. The second-order valence-electron chi connectivity index (χ2n) is 10.5. The molecule has 6 atom stereocenters. The molecule has 16 heteroatoms. The number of alkyl halides is 2. The predicted molar refractivity (Wildman–Crippen MR) is 150 cm³/mol. The number of nitrogens with one attached hydrogen (secondary N) is 2. The van der Waals surface area contributed by atoms with Crippen molar-refractivity contribution in [1.29, 1.82) is 0 Å². The number of thioether (sulfide) groups is 1. The van der Waals surface area contributed by atoms with Gasteiger partial charge in [-0.2, -0.15) is 0 Å². The first-order valence-corrected chi connectivity index (χ1v) is 16.4. The van der Waals surface area contributed by atoms with Crippen molar-refractivity contribution in [3.05, 3.63) is 11.8 Å². The zero-order valence-corrected chi connectivity index (χ0v) is 26.3. The van der Waals surface area contributed by atoms with E-state index in [9.17, 15) is 19.5 Å². The zero-order valence-electron chi connectivity index (χ0n) is 23.1. The average molecular weight is 634 g/mol. The van der Waals surface area contributed by atoms with E-state index in [0.717, 1.165) is 11.8 Å². The molecule has 2 heterocycles. The molecular weight excluding hydrogens is 596 g/mol. The number of esters is 1. The van der Waals surface area contributed by atoms with E-state index in [2.05, 4.69) is 10.4 Å². The van der Waals surface area contributed by atoms with Gasteiger partial charge in [0.1, 0.15) is 18.2 Å². The van der Waals surface area contributed by atoms with Gasteiger partial charge in [0.25, 0.3) is 11.8 Å². The van der Waals surface area contributed by atoms with E-state index >= 15 is 4.39 Å². The van der Waals surface area contributed by atoms with Crippen molar-refractivity contribution in [2.75, 3.05) is 25.6 Å². The zero-order chi connectivity index (χ0) is 29.8. The van der Waals surface area contributed by atoms with Gasteiger partial charge in [0.2, 0.25) is 5.91 Å². The van der Waals surface area contributed by atoms with Gasteiger partial charge in [0.15, 0.2) is 11.3 Å². The fourth-order valence-electron chi connectivity index (χ4n) is 3.38. The Hall–Kier alpha value is -0.830. The summed E-state index contributed by atoms with van der Waals surface area (Å²) in [4.78, 5) is 37.6. The minimum absolute atomic E-state index is 0.0134. The monoisotopic (exact) mass is 633 g/mol. The fourth-order valence-corrected chi connectivity index (χ4v) is 6.96. The summed E-state index contributed by atoms with van der Waals surface area (Å²) in [6.45, 7) is 7.94. The summed E-state index contributed by atoms with van der Waals surface area (Å²) in [6.07, 6.45) is -3.48. The molecule has 0 bridgehead atoms. The van der Waals surface area contributed by atoms with Gasteiger partial charge in [-0.1, -0.05) is 44.1 Å². The highest BCUT2D eigenvalue weighted by Crippen LogP contribution is 2.47. The summed E-state index contributed by atoms with van der Waals surface area (Å²) in [7, 11) is 0. The second kappa shape index (κ2) is 13.9. The Morgan fingerprint density at radius 1 is 1.41 bits per heavy atom. The molecule has 0 spiro atoms. The number of amides is 1. The average Bonchev–Trinajstić information content (AvgIpc) is 3.04. The van der Waals surface area contributed by atoms with E-state index in [1.54, 1.807) is 41.5 Å². The van der Waals surface area contributed by atoms with Crippen LogP contribution in [-0.4, -0.2) is 88.3 Å². The van der Waals surface area contributed by atoms with Crippen molar-refractivity contribution in [1.82, 2.24) is 15.3 Å². The third kappa shape index (κ3) is 9.61. The van der Waals surface area contributed by atoms with Crippen LogP contribution >= 0.6 is 30.0 Å². The number of ether oxygens (including phenoxy) is 2. The Balaban J connectivity index is 2.11. The van der Waals surface area contributed by atoms with Crippen molar-refractivity contribution in [3.63, 3.8) is 0 Å². The lowest BCUT2D eigenvalue weighted by Gasteiger charge is -2.34. The molecule has 3 N–H and O–H groups in total. The Morgan fingerprint density at radius 2 is 2.05 bits per heavy atom. The molecule has 2 aliphatic rings. The Bertz CT molecular complexity index is 997. The lowest BCUT2D eigenvalue weighted by atomic mass is 10.00. The molecule has 0 aromatic carbocycles. The molecule has 11 nitrogen and oxygen atoms in total. The molecule has 1 saturated heterocycles. The van der Waals surface area contributed by atoms with Crippen molar-refractivity contribution >= 4 is 58.8 Å². The van der Waals surface area contributed by atoms with Crippen LogP contribution in [0.5, 0.6) is 0 Å². The number of carbonyl (C=O) groups excluding carboxylic acids is 3. The van der Waals surface area contributed by atoms with Gasteiger partial charge < -0.3 is 33.8 Å². The van der Waals surface area contributed by atoms with E-state index in [0.29, 0.717) is 5.57 Å². The number of carbonyl (C=O) groups is 3. The van der Waals surface area contributed by atoms with Gasteiger partial charge >= 0.3 is 5.97 Å². The van der Waals surface area contributed by atoms with E-state index in [-0.39, 0.29) is 36.2 Å². The van der Waals surface area contributed by atoms with Crippen LogP contribution in [0.4, 0.5) is 4.39 Å². The molecular formula is C23H38ClFN3O8PS2. The van der Waals surface area contributed by atoms with Crippen molar-refractivity contribution in [2.45, 2.75) is 84.2 Å². The summed E-state index contributed by atoms with van der Waals surface area (Å²) in [5.74, 6) is -0.629. The van der Waals surface area contributed by atoms with Crippen LogP contribution in [0, 0.1) is 5.41 Å². The maximum Gasteiger partial charge on any atom is 0.323 e. The normalized spacial score (nSPS) is 28.1. The van der Waals surface area contributed by atoms with Crippen LogP contribution in [-0.2, 0) is 44.7 Å². The van der Waals surface area contributed by atoms with Crippen molar-refractivity contribution in [3.8, 4) is 0 Å². The van der Waals surface area contributed by atoms with Gasteiger partial charge in [-0.05, 0) is 39.5 Å². The summed E-state index contributed by atoms with van der Waals surface area (Å²) in [5, 5.41) is 13.2. The maximum atomic E-state index is 15.4. The Morgan fingerprint density at radius 3 is 2.62 bits per heavy atom. The second-order valence-corrected chi connectivity index (χ2v) is 15.3. The van der Waals surface area contributed by atoms with Crippen LogP contribution in [0.2, 0.25) is 0 Å². The minimum Gasteiger partial charge on any atom is -0.462 e. The molecule has 0 aromatic heterocycles. The Kier molecular flexibility index (Phi) is 12.2. The lowest BCUT2D eigenvalue weighted by Crippen LogP contribution is -2.52. The molecule has 0 saturated carbocycles. The summed E-state index contributed by atoms with van der Waals surface area (Å²) in [6, 6.07) is -0.914. The summed E-state index contributed by atoms with van der Waals surface area (Å²) < 4.78 is 38.0. The third-order valence-electron chi connectivity index (χ3n) is 5.48. The summed E-state index contributed by atoms with van der Waals surface area (Å²) >= 11 is 12.7. The lowest BCUT2D eigenvalue weighted by molar-refractivity contribution is -0.149. The number of hydrogen-bond donors (Lipinski definition) is 3. The molecule has 1 amide bonds. The van der Waals surface area contributed by atoms with Crippen LogP contribution in [0.15, 0.2) is 11.8 Å². The van der Waals surface area contributed by atoms with Gasteiger partial charge in [0.05, 0.1) is 26.0 Å². The number of nitrogens with zero attached hydrogens (tertiary/aromatic N) is 1. The van der Waals surface area contributed by atoms with Gasteiger partial charge in [0, 0.05) is 22.9 Å². The van der Waals surface area contributed by atoms with Gasteiger partial charge in [-0.15, -0.1) is 0 Å². The minimum atomic E-state index is -3.45. The highest BCUT2D eigenvalue weighted by molar-refractivity contribution is 8.13. The largest absolute Gasteiger partial charge is 0.462 e. The van der Waals surface area contributed by atoms with Crippen molar-refractivity contribution < 1.29 is 42.4 Å². The highest BCUT2D eigenvalue weighted by atomic mass is 35.5. The molecule has 2 rings (SSSR count). The van der Waals surface area contributed by atoms with E-state index in [1.165, 1.54) is 18.0 Å². The fraction of sp³-hybridized carbons (Fsp3) is 0.783. The Labute approximate surface area is 243 Å². The topological polar surface area (TPSA) is 136 Å². The standard InChI is InChI=1S/C23H38ClFN3O8PS2/c1-13(2)35-19(31)15(4)27-37(38,33-8-9-39-21(32)22(5,6)7)34-11-16-17(29)23(24,25)20(36-16)28-10-14(3)18(30)26-12-28/h10,13,15-17,20,29H,8-9,11-12H2,1-7H3,(H,26,30)(H,27,38). The maximum absolute atomic E-state index is 15.4. The van der Waals surface area contributed by atoms with E-state index in [1.807, 2.05) is 0 Å². The number of halogens is 2. The smallest absolute Gasteiger partial charge is 0.323 e. The van der Waals surface area contributed by atoms with Crippen LogP contribution in [0.3, 0.4) is 0 Å². The van der Waals surface area contributed by atoms with E-state index in [4.69, 9.17) is 41.9 Å². The number of hydrogen-bond acceptors (Lipinski definition) is 11. The molecule has 0 radical (unpaired) electrons. The quantitative estimate of drug-likeness (QED) is 0.126. The number of aliphatic hydroxyl groups excluding tert-OH is 1. The van der Waals surface area contributed by atoms with E-state index < -0.39 is 54.2 Å². The van der Waals surface area contributed by atoms with Crippen LogP contribution in [0.1, 0.15) is 48.5 Å². The molecule has 2 aliphatic heterocycles. The molecule has 0 aliphatic carbocycles. The van der Waals surface area contributed by atoms with Gasteiger partial charge in [-0.25, -0.2) is 9.48 Å². The molecule has 0 aromatic rings. The molecule has 1 fully saturated rings. The first-order valence-electron chi connectivity index (χ1n) is 12.4. The SMILES string of the molecule is CC1=CN(C2OC(COP(=S)(NC(C)C(=O)OC(C)C)OCCSC(=O)C(C)(C)C)C(O)C2(F)Cl)CNC1=O. The van der Waals surface area contributed by atoms with Gasteiger partial charge in [-0.3, -0.25) is 14.4 Å². The highest BCUT2D eigenvalue weighted by Gasteiger charge is 2.59. The number of aliphatic hydroxyl groups is 1. The van der Waals surface area contributed by atoms with Crippen LogP contribution in [0.25, 0.3) is 0 Å².